The summed E-state index contributed by atoms with van der Waals surface area (Å²) in [6.07, 6.45) is 0. The monoisotopic (exact) mass is 274 g/mol. The normalized spacial score (nSPS) is 14.1. The first-order chi connectivity index (χ1) is 9.56. The van der Waals surface area contributed by atoms with Crippen LogP contribution in [-0.4, -0.2) is 22.8 Å². The number of phenolic OH excluding ortho intramolecular Hbond substituents is 1. The molecule has 1 aliphatic rings. The second-order valence-corrected chi connectivity index (χ2v) is 4.72. The number of nitrogens with zero attached hydrogens (tertiary/aromatic N) is 2. The van der Waals surface area contributed by atoms with E-state index in [2.05, 4.69) is 5.16 Å². The van der Waals surface area contributed by atoms with Gasteiger partial charge in [0, 0.05) is 11.6 Å². The lowest BCUT2D eigenvalue weighted by Crippen LogP contribution is -2.38. The summed E-state index contributed by atoms with van der Waals surface area (Å²) in [6.45, 7) is 3.99. The zero-order chi connectivity index (χ0) is 14.3. The van der Waals surface area contributed by atoms with Gasteiger partial charge in [-0.05, 0) is 26.0 Å². The Morgan fingerprint density at radius 3 is 2.90 bits per heavy atom. The Balaban J connectivity index is 1.99. The molecule has 0 unspecified atom stereocenters. The van der Waals surface area contributed by atoms with E-state index in [1.165, 1.54) is 12.1 Å². The van der Waals surface area contributed by atoms with Gasteiger partial charge in [0.1, 0.15) is 17.3 Å². The topological polar surface area (TPSA) is 75.8 Å². The molecule has 1 aromatic carbocycles. The molecule has 1 N–H and O–H groups in total. The summed E-state index contributed by atoms with van der Waals surface area (Å²) < 4.78 is 10.5. The second kappa shape index (κ2) is 4.56. The third-order valence-electron chi connectivity index (χ3n) is 3.38. The number of aromatic hydroxyl groups is 1. The molecular formula is C14H14N2O4. The standard InChI is InChI=1S/C14H14N2O4/c1-8-11(9(2)20-15-8)6-16-12-4-3-10(17)5-13(12)19-7-14(16)18/h3-5,17H,6-7H2,1-2H3. The van der Waals surface area contributed by atoms with E-state index in [4.69, 9.17) is 9.26 Å². The molecule has 1 aromatic heterocycles. The Kier molecular flexibility index (Phi) is 2.85. The van der Waals surface area contributed by atoms with E-state index in [1.807, 2.05) is 13.8 Å². The summed E-state index contributed by atoms with van der Waals surface area (Å²) in [5.74, 6) is 1.16. The second-order valence-electron chi connectivity index (χ2n) is 4.72. The van der Waals surface area contributed by atoms with Crippen LogP contribution in [-0.2, 0) is 11.3 Å². The first-order valence-electron chi connectivity index (χ1n) is 6.24. The van der Waals surface area contributed by atoms with Gasteiger partial charge >= 0.3 is 0 Å². The lowest BCUT2D eigenvalue weighted by atomic mass is 10.1. The van der Waals surface area contributed by atoms with E-state index in [-0.39, 0.29) is 18.3 Å². The fourth-order valence-corrected chi connectivity index (χ4v) is 2.25. The van der Waals surface area contributed by atoms with Crippen LogP contribution in [0.5, 0.6) is 11.5 Å². The summed E-state index contributed by atoms with van der Waals surface area (Å²) in [7, 11) is 0. The smallest absolute Gasteiger partial charge is 0.265 e. The fraction of sp³-hybridized carbons (Fsp3) is 0.286. The maximum Gasteiger partial charge on any atom is 0.265 e. The molecule has 104 valence electrons. The van der Waals surface area contributed by atoms with Crippen molar-refractivity contribution >= 4 is 11.6 Å². The Morgan fingerprint density at radius 1 is 1.40 bits per heavy atom. The summed E-state index contributed by atoms with van der Waals surface area (Å²) >= 11 is 0. The van der Waals surface area contributed by atoms with Gasteiger partial charge in [-0.25, -0.2) is 0 Å². The number of fused-ring (bicyclic) bond motifs is 1. The molecule has 2 aromatic rings. The number of aryl methyl sites for hydroxylation is 2. The minimum atomic E-state index is -0.136. The minimum Gasteiger partial charge on any atom is -0.508 e. The average Bonchev–Trinajstić information content (AvgIpc) is 2.73. The van der Waals surface area contributed by atoms with Gasteiger partial charge in [0.15, 0.2) is 6.61 Å². The number of carbonyl (C=O) groups is 1. The van der Waals surface area contributed by atoms with Gasteiger partial charge < -0.3 is 19.3 Å². The van der Waals surface area contributed by atoms with E-state index in [1.54, 1.807) is 11.0 Å². The van der Waals surface area contributed by atoms with Crippen LogP contribution in [0.2, 0.25) is 0 Å². The zero-order valence-electron chi connectivity index (χ0n) is 11.2. The van der Waals surface area contributed by atoms with Gasteiger partial charge in [-0.3, -0.25) is 4.79 Å². The highest BCUT2D eigenvalue weighted by Crippen LogP contribution is 2.36. The third kappa shape index (κ3) is 1.99. The minimum absolute atomic E-state index is 0.0418. The highest BCUT2D eigenvalue weighted by atomic mass is 16.5. The molecule has 0 saturated heterocycles. The third-order valence-corrected chi connectivity index (χ3v) is 3.38. The quantitative estimate of drug-likeness (QED) is 0.905. The molecule has 20 heavy (non-hydrogen) atoms. The number of hydrogen-bond acceptors (Lipinski definition) is 5. The first kappa shape index (κ1) is 12.5. The van der Waals surface area contributed by atoms with Crippen molar-refractivity contribution in [1.29, 1.82) is 0 Å². The van der Waals surface area contributed by atoms with E-state index in [0.717, 1.165) is 11.3 Å². The van der Waals surface area contributed by atoms with Crippen LogP contribution in [0.1, 0.15) is 17.0 Å². The van der Waals surface area contributed by atoms with Crippen molar-refractivity contribution in [3.05, 3.63) is 35.2 Å². The average molecular weight is 274 g/mol. The van der Waals surface area contributed by atoms with Crippen molar-refractivity contribution in [1.82, 2.24) is 5.16 Å². The highest BCUT2D eigenvalue weighted by Gasteiger charge is 2.27. The number of anilines is 1. The van der Waals surface area contributed by atoms with Crippen LogP contribution in [0, 0.1) is 13.8 Å². The number of amides is 1. The maximum absolute atomic E-state index is 12.1. The van der Waals surface area contributed by atoms with Crippen molar-refractivity contribution in [3.63, 3.8) is 0 Å². The lowest BCUT2D eigenvalue weighted by molar-refractivity contribution is -0.121. The van der Waals surface area contributed by atoms with Crippen molar-refractivity contribution in [2.75, 3.05) is 11.5 Å². The van der Waals surface area contributed by atoms with E-state index in [0.29, 0.717) is 23.7 Å². The molecule has 6 heteroatoms. The predicted octanol–water partition coefficient (Wildman–Crippen LogP) is 1.92. The van der Waals surface area contributed by atoms with Crippen molar-refractivity contribution in [3.8, 4) is 11.5 Å². The molecule has 0 spiro atoms. The number of hydrogen-bond donors (Lipinski definition) is 1. The molecule has 0 aliphatic carbocycles. The molecule has 0 atom stereocenters. The van der Waals surface area contributed by atoms with E-state index >= 15 is 0 Å². The van der Waals surface area contributed by atoms with Gasteiger partial charge in [-0.1, -0.05) is 5.16 Å². The van der Waals surface area contributed by atoms with Crippen LogP contribution >= 0.6 is 0 Å². The molecule has 1 amide bonds. The van der Waals surface area contributed by atoms with Gasteiger partial charge in [0.2, 0.25) is 0 Å². The van der Waals surface area contributed by atoms with Gasteiger partial charge in [-0.2, -0.15) is 0 Å². The SMILES string of the molecule is Cc1noc(C)c1CN1C(=O)COc2cc(O)ccc21. The van der Waals surface area contributed by atoms with Crippen LogP contribution in [0.3, 0.4) is 0 Å². The van der Waals surface area contributed by atoms with Crippen LogP contribution in [0.25, 0.3) is 0 Å². The van der Waals surface area contributed by atoms with Gasteiger partial charge in [-0.15, -0.1) is 0 Å². The molecule has 0 fully saturated rings. The number of phenols is 1. The Hall–Kier alpha value is -2.50. The zero-order valence-corrected chi connectivity index (χ0v) is 11.2. The van der Waals surface area contributed by atoms with Crippen LogP contribution < -0.4 is 9.64 Å². The Morgan fingerprint density at radius 2 is 2.20 bits per heavy atom. The van der Waals surface area contributed by atoms with Crippen LogP contribution in [0.4, 0.5) is 5.69 Å². The maximum atomic E-state index is 12.1. The van der Waals surface area contributed by atoms with Gasteiger partial charge in [0.25, 0.3) is 5.91 Å². The number of carbonyl (C=O) groups excluding carboxylic acids is 1. The van der Waals surface area contributed by atoms with Gasteiger partial charge in [0.05, 0.1) is 17.9 Å². The van der Waals surface area contributed by atoms with E-state index in [9.17, 15) is 9.90 Å². The number of aromatic nitrogens is 1. The van der Waals surface area contributed by atoms with Crippen molar-refractivity contribution in [2.45, 2.75) is 20.4 Å². The molecule has 0 bridgehead atoms. The fourth-order valence-electron chi connectivity index (χ4n) is 2.25. The molecule has 6 nitrogen and oxygen atoms in total. The number of ether oxygens (including phenoxy) is 1. The largest absolute Gasteiger partial charge is 0.508 e. The molecule has 1 aliphatic heterocycles. The van der Waals surface area contributed by atoms with Crippen molar-refractivity contribution < 1.29 is 19.2 Å². The molecular weight excluding hydrogens is 260 g/mol. The molecule has 3 rings (SSSR count). The Labute approximate surface area is 115 Å². The summed E-state index contributed by atoms with van der Waals surface area (Å²) in [5.41, 5.74) is 2.29. The summed E-state index contributed by atoms with van der Waals surface area (Å²) in [5, 5.41) is 13.4. The summed E-state index contributed by atoms with van der Waals surface area (Å²) in [4.78, 5) is 13.7. The molecule has 0 radical (unpaired) electrons. The molecule has 0 saturated carbocycles. The number of benzene rings is 1. The number of rotatable bonds is 2. The Bertz CT molecular complexity index is 658. The molecule has 2 heterocycles. The first-order valence-corrected chi connectivity index (χ1v) is 6.24. The lowest BCUT2D eigenvalue weighted by Gasteiger charge is -2.29. The van der Waals surface area contributed by atoms with Crippen molar-refractivity contribution in [2.24, 2.45) is 0 Å². The van der Waals surface area contributed by atoms with Crippen LogP contribution in [0.15, 0.2) is 22.7 Å². The van der Waals surface area contributed by atoms with E-state index < -0.39 is 0 Å². The predicted molar refractivity (Wildman–Crippen MR) is 70.8 cm³/mol. The summed E-state index contributed by atoms with van der Waals surface area (Å²) in [6, 6.07) is 4.70. The highest BCUT2D eigenvalue weighted by molar-refractivity contribution is 5.97.